The van der Waals surface area contributed by atoms with Crippen LogP contribution in [0.3, 0.4) is 0 Å². The number of unbranched alkanes of at least 4 members (excludes halogenated alkanes) is 22. The molecular formula is C57H102O15P2. The molecule has 0 radical (unpaired) electrons. The minimum absolute atomic E-state index is 0.186. The first-order valence-corrected chi connectivity index (χ1v) is 31.3. The number of phosphoric acid groups is 2. The summed E-state index contributed by atoms with van der Waals surface area (Å²) in [4.78, 5) is 44.0. The van der Waals surface area contributed by atoms with Crippen molar-refractivity contribution in [2.24, 2.45) is 0 Å². The molecule has 0 aliphatic carbocycles. The Balaban J connectivity index is 3.85. The van der Waals surface area contributed by atoms with Gasteiger partial charge in [0.25, 0.3) is 0 Å². The lowest BCUT2D eigenvalue weighted by Crippen LogP contribution is -2.25. The van der Waals surface area contributed by atoms with E-state index in [4.69, 9.17) is 18.5 Å². The standard InChI is InChI=1S/C57H102O15P2/c1-3-5-7-9-11-13-15-17-19-21-23-25-27-29-31-33-35-37-39-41-43-45-56(61)67-47-53(58)49-69-73(63,64)71-51-55(60)52-72-74(65,66)70-50-54(59)48-68-57(62)46-44-42-40-38-36-34-32-30-28-26-24-22-20-18-16-14-12-10-8-6-4-2/h11-14,17-20,23-26,53-55,58-60H,3-10,15-16,21-22,27-52H2,1-2H3,(H,63,64)(H,65,66)/b13-11-,14-12-,19-17-,20-18-,25-23-,26-24-. The molecule has 0 aromatic carbocycles. The molecule has 15 nitrogen and oxygen atoms in total. The second kappa shape index (κ2) is 52.5. The molecule has 74 heavy (non-hydrogen) atoms. The molecule has 4 unspecified atom stereocenters. The van der Waals surface area contributed by atoms with E-state index < -0.39 is 85.5 Å². The van der Waals surface area contributed by atoms with E-state index in [1.807, 2.05) is 0 Å². The van der Waals surface area contributed by atoms with Crippen LogP contribution in [0.2, 0.25) is 0 Å². The van der Waals surface area contributed by atoms with Crippen LogP contribution in [-0.2, 0) is 46.3 Å². The van der Waals surface area contributed by atoms with E-state index in [1.165, 1.54) is 89.9 Å². The number of rotatable bonds is 54. The molecular weight excluding hydrogens is 987 g/mol. The van der Waals surface area contributed by atoms with Gasteiger partial charge in [0.2, 0.25) is 0 Å². The molecule has 0 saturated carbocycles. The zero-order valence-corrected chi connectivity index (χ0v) is 47.5. The first kappa shape index (κ1) is 71.5. The fourth-order valence-electron chi connectivity index (χ4n) is 7.23. The molecule has 0 aliphatic heterocycles. The molecule has 17 heteroatoms. The van der Waals surface area contributed by atoms with Gasteiger partial charge in [-0.2, -0.15) is 0 Å². The van der Waals surface area contributed by atoms with Gasteiger partial charge >= 0.3 is 27.6 Å². The zero-order valence-electron chi connectivity index (χ0n) is 45.7. The summed E-state index contributed by atoms with van der Waals surface area (Å²) in [7, 11) is -9.59. The number of ether oxygens (including phenoxy) is 2. The quantitative estimate of drug-likeness (QED) is 0.0165. The third kappa shape index (κ3) is 54.3. The Hall–Kier alpha value is -2.52. The topological polar surface area (TPSA) is 225 Å². The van der Waals surface area contributed by atoms with Crippen LogP contribution >= 0.6 is 15.6 Å². The molecule has 0 amide bonds. The van der Waals surface area contributed by atoms with Crippen LogP contribution in [-0.4, -0.2) is 95.0 Å². The van der Waals surface area contributed by atoms with E-state index in [1.54, 1.807) is 0 Å². The van der Waals surface area contributed by atoms with Crippen molar-refractivity contribution in [1.82, 2.24) is 0 Å². The number of carbonyl (C=O) groups excluding carboxylic acids is 2. The smallest absolute Gasteiger partial charge is 0.463 e. The average molecular weight is 1090 g/mol. The Morgan fingerprint density at radius 3 is 0.865 bits per heavy atom. The van der Waals surface area contributed by atoms with Gasteiger partial charge in [-0.3, -0.25) is 27.7 Å². The fraction of sp³-hybridized carbons (Fsp3) is 0.754. The highest BCUT2D eigenvalue weighted by Crippen LogP contribution is 2.45. The summed E-state index contributed by atoms with van der Waals surface area (Å²) < 4.78 is 53.2. The summed E-state index contributed by atoms with van der Waals surface area (Å²) in [5, 5.41) is 30.2. The van der Waals surface area contributed by atoms with E-state index in [2.05, 4.69) is 95.8 Å². The monoisotopic (exact) mass is 1090 g/mol. The zero-order chi connectivity index (χ0) is 54.5. The van der Waals surface area contributed by atoms with Gasteiger partial charge in [0.1, 0.15) is 31.5 Å². The van der Waals surface area contributed by atoms with Crippen molar-refractivity contribution in [2.75, 3.05) is 39.6 Å². The number of esters is 2. The Labute approximate surface area is 447 Å². The van der Waals surface area contributed by atoms with E-state index >= 15 is 0 Å². The van der Waals surface area contributed by atoms with Gasteiger partial charge in [0.05, 0.1) is 26.4 Å². The maximum atomic E-state index is 12.2. The van der Waals surface area contributed by atoms with Gasteiger partial charge in [-0.05, 0) is 89.9 Å². The molecule has 0 heterocycles. The summed E-state index contributed by atoms with van der Waals surface area (Å²) in [6.45, 7) is 0.372. The van der Waals surface area contributed by atoms with Crippen molar-refractivity contribution in [3.8, 4) is 0 Å². The van der Waals surface area contributed by atoms with Crippen LogP contribution in [0.5, 0.6) is 0 Å². The molecule has 0 spiro atoms. The van der Waals surface area contributed by atoms with Crippen LogP contribution in [0, 0.1) is 0 Å². The first-order valence-electron chi connectivity index (χ1n) is 28.3. The van der Waals surface area contributed by atoms with E-state index in [0.717, 1.165) is 89.9 Å². The Bertz CT molecular complexity index is 1480. The molecule has 430 valence electrons. The molecule has 0 bridgehead atoms. The lowest BCUT2D eigenvalue weighted by molar-refractivity contribution is -0.148. The molecule has 0 rings (SSSR count). The van der Waals surface area contributed by atoms with E-state index in [0.29, 0.717) is 12.8 Å². The number of hydrogen-bond donors (Lipinski definition) is 5. The summed E-state index contributed by atoms with van der Waals surface area (Å²) in [6, 6.07) is 0. The third-order valence-corrected chi connectivity index (χ3v) is 13.5. The van der Waals surface area contributed by atoms with Gasteiger partial charge in [0.15, 0.2) is 0 Å². The Kier molecular flexibility index (Phi) is 50.7. The number of allylic oxidation sites excluding steroid dienone is 12. The molecule has 0 aromatic heterocycles. The van der Waals surface area contributed by atoms with E-state index in [-0.39, 0.29) is 12.8 Å². The van der Waals surface area contributed by atoms with Gasteiger partial charge in [-0.25, -0.2) is 9.13 Å². The lowest BCUT2D eigenvalue weighted by atomic mass is 10.1. The van der Waals surface area contributed by atoms with E-state index in [9.17, 15) is 43.8 Å². The number of hydrogen-bond acceptors (Lipinski definition) is 13. The van der Waals surface area contributed by atoms with Crippen LogP contribution in [0.1, 0.15) is 219 Å². The second-order valence-corrected chi connectivity index (χ2v) is 21.9. The van der Waals surface area contributed by atoms with Crippen LogP contribution in [0.4, 0.5) is 0 Å². The average Bonchev–Trinajstić information content (AvgIpc) is 3.38. The van der Waals surface area contributed by atoms with Gasteiger partial charge in [-0.15, -0.1) is 0 Å². The molecule has 0 aliphatic rings. The number of aliphatic hydroxyl groups is 3. The van der Waals surface area contributed by atoms with Gasteiger partial charge < -0.3 is 34.6 Å². The van der Waals surface area contributed by atoms with Crippen molar-refractivity contribution in [1.29, 1.82) is 0 Å². The van der Waals surface area contributed by atoms with Crippen LogP contribution in [0.25, 0.3) is 0 Å². The third-order valence-electron chi connectivity index (χ3n) is 11.6. The minimum Gasteiger partial charge on any atom is -0.463 e. The maximum Gasteiger partial charge on any atom is 0.472 e. The molecule has 5 N–H and O–H groups in total. The maximum absolute atomic E-state index is 12.2. The number of phosphoric ester groups is 2. The molecule has 0 fully saturated rings. The summed E-state index contributed by atoms with van der Waals surface area (Å²) in [5.41, 5.74) is 0. The largest absolute Gasteiger partial charge is 0.472 e. The predicted molar refractivity (Wildman–Crippen MR) is 297 cm³/mol. The molecule has 4 atom stereocenters. The number of aliphatic hydroxyl groups excluding tert-OH is 3. The Morgan fingerprint density at radius 2 is 0.581 bits per heavy atom. The highest BCUT2D eigenvalue weighted by atomic mass is 31.2. The second-order valence-electron chi connectivity index (χ2n) is 18.9. The number of carbonyl (C=O) groups is 2. The first-order chi connectivity index (χ1) is 35.8. The normalized spacial score (nSPS) is 15.3. The fourth-order valence-corrected chi connectivity index (χ4v) is 8.82. The summed E-state index contributed by atoms with van der Waals surface area (Å²) >= 11 is 0. The lowest BCUT2D eigenvalue weighted by Gasteiger charge is -2.19. The van der Waals surface area contributed by atoms with Crippen molar-refractivity contribution in [2.45, 2.75) is 238 Å². The summed E-state index contributed by atoms with van der Waals surface area (Å²) in [5.74, 6) is -1.01. The summed E-state index contributed by atoms with van der Waals surface area (Å²) in [6.07, 6.45) is 55.8. The molecule has 0 aromatic rings. The van der Waals surface area contributed by atoms with Crippen molar-refractivity contribution < 1.29 is 71.4 Å². The van der Waals surface area contributed by atoms with Gasteiger partial charge in [-0.1, -0.05) is 189 Å². The highest BCUT2D eigenvalue weighted by molar-refractivity contribution is 7.47. The van der Waals surface area contributed by atoms with Gasteiger partial charge in [0, 0.05) is 12.8 Å². The predicted octanol–water partition coefficient (Wildman–Crippen LogP) is 14.3. The Morgan fingerprint density at radius 1 is 0.351 bits per heavy atom. The van der Waals surface area contributed by atoms with Crippen molar-refractivity contribution in [3.63, 3.8) is 0 Å². The minimum atomic E-state index is -4.80. The highest BCUT2D eigenvalue weighted by Gasteiger charge is 2.28. The van der Waals surface area contributed by atoms with Crippen molar-refractivity contribution in [3.05, 3.63) is 72.9 Å². The molecule has 0 saturated heterocycles. The van der Waals surface area contributed by atoms with Crippen LogP contribution in [0.15, 0.2) is 72.9 Å². The van der Waals surface area contributed by atoms with Crippen molar-refractivity contribution >= 4 is 27.6 Å². The SMILES string of the molecule is CCCCC/C=C\C/C=C\C/C=C\CCCCCCCCCCC(=O)OCC(O)COP(=O)(O)OCC(O)COP(=O)(O)OCC(O)COC(=O)CCCCCCCCCC/C=C\C/C=C\C/C=C\CCCCC. The van der Waals surface area contributed by atoms with Crippen LogP contribution < -0.4 is 0 Å².